The van der Waals surface area contributed by atoms with Crippen LogP contribution in [-0.4, -0.2) is 24.2 Å². The monoisotopic (exact) mass is 255 g/mol. The zero-order chi connectivity index (χ0) is 12.4. The van der Waals surface area contributed by atoms with Crippen LogP contribution in [0.4, 0.5) is 0 Å². The maximum atomic E-state index is 11.2. The molecule has 1 aliphatic carbocycles. The van der Waals surface area contributed by atoms with Crippen LogP contribution in [0.15, 0.2) is 18.2 Å². The van der Waals surface area contributed by atoms with E-state index in [4.69, 9.17) is 16.3 Å². The lowest BCUT2D eigenvalue weighted by molar-refractivity contribution is -0.139. The molecule has 1 atom stereocenters. The number of benzene rings is 1. The summed E-state index contributed by atoms with van der Waals surface area (Å²) in [6.07, 6.45) is 2.05. The molecule has 0 radical (unpaired) electrons. The number of nitrogens with one attached hydrogen (secondary N) is 1. The molecule has 0 heterocycles. The Morgan fingerprint density at radius 2 is 2.29 bits per heavy atom. The summed E-state index contributed by atoms with van der Waals surface area (Å²) in [7, 11) is 1.54. The second kappa shape index (κ2) is 4.94. The second-order valence-electron chi connectivity index (χ2n) is 4.10. The van der Waals surface area contributed by atoms with Gasteiger partial charge in [0.25, 0.3) is 0 Å². The lowest BCUT2D eigenvalue weighted by Crippen LogP contribution is -2.30. The smallest absolute Gasteiger partial charge is 0.325 e. The molecule has 17 heavy (non-hydrogen) atoms. The van der Waals surface area contributed by atoms with Crippen LogP contribution in [0.25, 0.3) is 0 Å². The van der Waals surface area contributed by atoms with Gasteiger partial charge in [0.05, 0.1) is 7.11 Å². The van der Waals surface area contributed by atoms with E-state index in [0.29, 0.717) is 22.4 Å². The number of hydrogen-bond donors (Lipinski definition) is 2. The first-order valence-electron chi connectivity index (χ1n) is 5.44. The molecule has 5 heteroatoms. The Kier molecular flexibility index (Phi) is 3.54. The van der Waals surface area contributed by atoms with Crippen LogP contribution in [0.1, 0.15) is 24.4 Å². The third kappa shape index (κ3) is 2.90. The first-order valence-corrected chi connectivity index (χ1v) is 5.82. The van der Waals surface area contributed by atoms with Crippen LogP contribution < -0.4 is 10.1 Å². The maximum absolute atomic E-state index is 11.2. The number of carboxylic acid groups (broad SMARTS) is 1. The van der Waals surface area contributed by atoms with Crippen LogP contribution in [0.3, 0.4) is 0 Å². The van der Waals surface area contributed by atoms with Crippen LogP contribution in [0, 0.1) is 0 Å². The van der Waals surface area contributed by atoms with Gasteiger partial charge in [-0.3, -0.25) is 10.1 Å². The van der Waals surface area contributed by atoms with Crippen molar-refractivity contribution in [3.05, 3.63) is 28.8 Å². The summed E-state index contributed by atoms with van der Waals surface area (Å²) in [4.78, 5) is 11.2. The van der Waals surface area contributed by atoms with Crippen LogP contribution in [-0.2, 0) is 4.79 Å². The number of methoxy groups -OCH3 is 1. The van der Waals surface area contributed by atoms with E-state index in [1.54, 1.807) is 25.3 Å². The normalized spacial score (nSPS) is 16.6. The highest BCUT2D eigenvalue weighted by molar-refractivity contribution is 6.31. The third-order valence-electron chi connectivity index (χ3n) is 2.75. The van der Waals surface area contributed by atoms with E-state index in [1.165, 1.54) is 0 Å². The number of halogens is 1. The standard InChI is InChI=1S/C12H14ClNO3/c1-17-8-4-5-9(10(13)6-8)11(12(15)16)14-7-2-3-7/h4-7,11,14H,2-3H2,1H3,(H,15,16). The largest absolute Gasteiger partial charge is 0.497 e. The predicted molar refractivity (Wildman–Crippen MR) is 64.5 cm³/mol. The van der Waals surface area contributed by atoms with Crippen molar-refractivity contribution in [2.45, 2.75) is 24.9 Å². The Morgan fingerprint density at radius 3 is 2.76 bits per heavy atom. The van der Waals surface area contributed by atoms with Crippen molar-refractivity contribution in [2.75, 3.05) is 7.11 Å². The van der Waals surface area contributed by atoms with Crippen LogP contribution in [0.5, 0.6) is 5.75 Å². The molecule has 0 saturated heterocycles. The molecule has 1 aromatic carbocycles. The fourth-order valence-electron chi connectivity index (χ4n) is 1.65. The molecule has 92 valence electrons. The summed E-state index contributed by atoms with van der Waals surface area (Å²) in [6.45, 7) is 0. The Morgan fingerprint density at radius 1 is 1.59 bits per heavy atom. The molecule has 0 bridgehead atoms. The molecule has 0 spiro atoms. The Labute approximate surface area is 105 Å². The highest BCUT2D eigenvalue weighted by Crippen LogP contribution is 2.30. The summed E-state index contributed by atoms with van der Waals surface area (Å²) >= 11 is 6.07. The van der Waals surface area contributed by atoms with E-state index >= 15 is 0 Å². The highest BCUT2D eigenvalue weighted by atomic mass is 35.5. The number of carbonyl (C=O) groups is 1. The zero-order valence-electron chi connectivity index (χ0n) is 9.44. The molecule has 0 aliphatic heterocycles. The van der Waals surface area contributed by atoms with Gasteiger partial charge in [0.15, 0.2) is 0 Å². The van der Waals surface area contributed by atoms with E-state index in [2.05, 4.69) is 5.32 Å². The highest BCUT2D eigenvalue weighted by Gasteiger charge is 2.30. The fraction of sp³-hybridized carbons (Fsp3) is 0.417. The number of hydrogen-bond acceptors (Lipinski definition) is 3. The molecule has 1 saturated carbocycles. The van der Waals surface area contributed by atoms with Crippen molar-refractivity contribution >= 4 is 17.6 Å². The predicted octanol–water partition coefficient (Wildman–Crippen LogP) is 2.23. The van der Waals surface area contributed by atoms with Crippen molar-refractivity contribution in [1.29, 1.82) is 0 Å². The summed E-state index contributed by atoms with van der Waals surface area (Å²) in [5.74, 6) is -0.293. The van der Waals surface area contributed by atoms with Crippen molar-refractivity contribution in [2.24, 2.45) is 0 Å². The average molecular weight is 256 g/mol. The molecule has 0 amide bonds. The first kappa shape index (κ1) is 12.2. The van der Waals surface area contributed by atoms with Crippen molar-refractivity contribution in [1.82, 2.24) is 5.32 Å². The lowest BCUT2D eigenvalue weighted by Gasteiger charge is -2.16. The molecule has 2 N–H and O–H groups in total. The summed E-state index contributed by atoms with van der Waals surface area (Å²) in [6, 6.07) is 4.58. The van der Waals surface area contributed by atoms with E-state index < -0.39 is 12.0 Å². The van der Waals surface area contributed by atoms with Gasteiger partial charge in [-0.15, -0.1) is 0 Å². The summed E-state index contributed by atoms with van der Waals surface area (Å²) in [5, 5.41) is 12.7. The molecule has 4 nitrogen and oxygen atoms in total. The summed E-state index contributed by atoms with van der Waals surface area (Å²) < 4.78 is 5.03. The topological polar surface area (TPSA) is 58.6 Å². The number of carboxylic acids is 1. The van der Waals surface area contributed by atoms with Gasteiger partial charge in [0.1, 0.15) is 11.8 Å². The number of aliphatic carboxylic acids is 1. The fourth-order valence-corrected chi connectivity index (χ4v) is 1.93. The first-order chi connectivity index (χ1) is 8.11. The Hall–Kier alpha value is -1.26. The van der Waals surface area contributed by atoms with E-state index in [0.717, 1.165) is 12.8 Å². The Balaban J connectivity index is 2.24. The van der Waals surface area contributed by atoms with Crippen molar-refractivity contribution in [3.63, 3.8) is 0 Å². The minimum atomic E-state index is -0.913. The maximum Gasteiger partial charge on any atom is 0.325 e. The van der Waals surface area contributed by atoms with E-state index in [1.807, 2.05) is 0 Å². The molecule has 0 aromatic heterocycles. The SMILES string of the molecule is COc1ccc(C(NC2CC2)C(=O)O)c(Cl)c1. The zero-order valence-corrected chi connectivity index (χ0v) is 10.2. The Bertz CT molecular complexity index is 432. The second-order valence-corrected chi connectivity index (χ2v) is 4.51. The minimum Gasteiger partial charge on any atom is -0.497 e. The molecular weight excluding hydrogens is 242 g/mol. The van der Waals surface area contributed by atoms with Crippen LogP contribution >= 0.6 is 11.6 Å². The lowest BCUT2D eigenvalue weighted by atomic mass is 10.1. The molecule has 1 aromatic rings. The van der Waals surface area contributed by atoms with Gasteiger partial charge in [-0.2, -0.15) is 0 Å². The van der Waals surface area contributed by atoms with Gasteiger partial charge in [-0.25, -0.2) is 0 Å². The van der Waals surface area contributed by atoms with Crippen molar-refractivity contribution in [3.8, 4) is 5.75 Å². The average Bonchev–Trinajstić information content (AvgIpc) is 3.10. The van der Waals surface area contributed by atoms with Gasteiger partial charge in [-0.05, 0) is 30.5 Å². The number of rotatable bonds is 5. The molecule has 1 fully saturated rings. The van der Waals surface area contributed by atoms with Gasteiger partial charge < -0.3 is 9.84 Å². The number of ether oxygens (including phenoxy) is 1. The quantitative estimate of drug-likeness (QED) is 0.847. The van der Waals surface area contributed by atoms with Gasteiger partial charge in [0.2, 0.25) is 0 Å². The van der Waals surface area contributed by atoms with Gasteiger partial charge >= 0.3 is 5.97 Å². The molecule has 2 rings (SSSR count). The van der Waals surface area contributed by atoms with E-state index in [-0.39, 0.29) is 0 Å². The summed E-state index contributed by atoms with van der Waals surface area (Å²) in [5.41, 5.74) is 0.576. The minimum absolute atomic E-state index is 0.300. The van der Waals surface area contributed by atoms with Crippen LogP contribution in [0.2, 0.25) is 5.02 Å². The van der Waals surface area contributed by atoms with Gasteiger partial charge in [-0.1, -0.05) is 17.7 Å². The molecular formula is C12H14ClNO3. The molecule has 1 aliphatic rings. The van der Waals surface area contributed by atoms with E-state index in [9.17, 15) is 9.90 Å². The molecule has 1 unspecified atom stereocenters. The van der Waals surface area contributed by atoms with Crippen molar-refractivity contribution < 1.29 is 14.6 Å². The van der Waals surface area contributed by atoms with Gasteiger partial charge in [0, 0.05) is 11.1 Å². The third-order valence-corrected chi connectivity index (χ3v) is 3.07.